The van der Waals surface area contributed by atoms with Crippen LogP contribution in [-0.4, -0.2) is 16.3 Å². The number of nitrogens with one attached hydrogen (secondary N) is 2. The van der Waals surface area contributed by atoms with Crippen LogP contribution in [0.1, 0.15) is 34.7 Å². The van der Waals surface area contributed by atoms with E-state index in [9.17, 15) is 8.78 Å². The molecule has 2 aliphatic heterocycles. The Hall–Kier alpha value is -3.15. The number of hydrogen-bond donors (Lipinski definition) is 2. The van der Waals surface area contributed by atoms with Crippen LogP contribution < -0.4 is 5.43 Å². The molecular formula is C19H14F2N4. The molecule has 5 rings (SSSR count). The van der Waals surface area contributed by atoms with Crippen LogP contribution in [-0.2, 0) is 0 Å². The van der Waals surface area contributed by atoms with Gasteiger partial charge in [0.2, 0.25) is 0 Å². The van der Waals surface area contributed by atoms with E-state index in [2.05, 4.69) is 21.5 Å². The van der Waals surface area contributed by atoms with Gasteiger partial charge in [-0.1, -0.05) is 18.2 Å². The third-order valence-electron chi connectivity index (χ3n) is 4.83. The minimum absolute atomic E-state index is 0.175. The van der Waals surface area contributed by atoms with Gasteiger partial charge in [0.05, 0.1) is 17.6 Å². The number of fused-ring (bicyclic) bond motifs is 2. The van der Waals surface area contributed by atoms with Crippen molar-refractivity contribution in [1.29, 1.82) is 0 Å². The van der Waals surface area contributed by atoms with Crippen molar-refractivity contribution in [3.8, 4) is 0 Å². The smallest absolute Gasteiger partial charge is 0.130 e. The monoisotopic (exact) mass is 336 g/mol. The normalized spacial score (nSPS) is 20.2. The molecule has 1 atom stereocenters. The van der Waals surface area contributed by atoms with Crippen LogP contribution in [0.25, 0.3) is 11.8 Å². The molecular weight excluding hydrogens is 322 g/mol. The van der Waals surface area contributed by atoms with Crippen LogP contribution in [0.5, 0.6) is 0 Å². The molecule has 1 unspecified atom stereocenters. The van der Waals surface area contributed by atoms with E-state index in [0.717, 1.165) is 34.3 Å². The van der Waals surface area contributed by atoms with Crippen LogP contribution in [0.2, 0.25) is 0 Å². The topological polar surface area (TPSA) is 43.4 Å². The molecule has 6 heteroatoms. The molecule has 1 aromatic carbocycles. The fourth-order valence-corrected chi connectivity index (χ4v) is 3.70. The molecule has 2 aromatic rings. The molecule has 3 aliphatic rings. The summed E-state index contributed by atoms with van der Waals surface area (Å²) < 4.78 is 27.6. The zero-order valence-corrected chi connectivity index (χ0v) is 13.1. The number of aromatic nitrogens is 1. The zero-order chi connectivity index (χ0) is 17.0. The Balaban J connectivity index is 1.66. The first-order valence-corrected chi connectivity index (χ1v) is 8.05. The predicted octanol–water partition coefficient (Wildman–Crippen LogP) is 3.89. The molecule has 25 heavy (non-hydrogen) atoms. The number of benzene rings is 1. The fraction of sp³-hybridized carbons (Fsp3) is 0.105. The summed E-state index contributed by atoms with van der Waals surface area (Å²) in [5.74, 6) is -1.25. The number of nitrogens with zero attached hydrogens (tertiary/aromatic N) is 2. The van der Waals surface area contributed by atoms with Crippen LogP contribution in [0.4, 0.5) is 8.78 Å². The minimum atomic E-state index is -0.562. The molecule has 1 aromatic heterocycles. The average Bonchev–Trinajstić information content (AvgIpc) is 2.97. The second kappa shape index (κ2) is 5.17. The molecule has 0 fully saturated rings. The highest BCUT2D eigenvalue weighted by atomic mass is 19.1. The summed E-state index contributed by atoms with van der Waals surface area (Å²) in [6.45, 7) is 0. The second-order valence-corrected chi connectivity index (χ2v) is 6.21. The summed E-state index contributed by atoms with van der Waals surface area (Å²) in [6, 6.07) is 3.79. The van der Waals surface area contributed by atoms with E-state index in [1.54, 1.807) is 12.5 Å². The lowest BCUT2D eigenvalue weighted by atomic mass is 9.84. The molecule has 0 saturated carbocycles. The molecule has 1 aliphatic carbocycles. The highest BCUT2D eigenvalue weighted by molar-refractivity contribution is 5.82. The van der Waals surface area contributed by atoms with E-state index >= 15 is 0 Å². The summed E-state index contributed by atoms with van der Waals surface area (Å²) in [4.78, 5) is 7.43. The number of aromatic amines is 1. The van der Waals surface area contributed by atoms with Crippen molar-refractivity contribution < 1.29 is 8.78 Å². The summed E-state index contributed by atoms with van der Waals surface area (Å²) in [5, 5.41) is 1.96. The molecule has 2 N–H and O–H groups in total. The van der Waals surface area contributed by atoms with Crippen molar-refractivity contribution in [3.05, 3.63) is 82.5 Å². The second-order valence-electron chi connectivity index (χ2n) is 6.21. The van der Waals surface area contributed by atoms with Gasteiger partial charge in [0.25, 0.3) is 0 Å². The highest BCUT2D eigenvalue weighted by Crippen LogP contribution is 2.44. The van der Waals surface area contributed by atoms with E-state index in [4.69, 9.17) is 0 Å². The first-order valence-electron chi connectivity index (χ1n) is 8.05. The van der Waals surface area contributed by atoms with E-state index in [-0.39, 0.29) is 5.92 Å². The van der Waals surface area contributed by atoms with E-state index < -0.39 is 11.6 Å². The quantitative estimate of drug-likeness (QED) is 0.830. The van der Waals surface area contributed by atoms with Crippen molar-refractivity contribution in [3.63, 3.8) is 0 Å². The molecule has 4 nitrogen and oxygen atoms in total. The van der Waals surface area contributed by atoms with Gasteiger partial charge in [0.1, 0.15) is 18.0 Å². The number of aliphatic imine (C=N–C) groups is 1. The zero-order valence-electron chi connectivity index (χ0n) is 13.1. The van der Waals surface area contributed by atoms with Crippen molar-refractivity contribution in [2.75, 3.05) is 0 Å². The van der Waals surface area contributed by atoms with E-state index in [1.165, 1.54) is 12.1 Å². The van der Waals surface area contributed by atoms with Gasteiger partial charge in [-0.3, -0.25) is 10.4 Å². The molecule has 0 radical (unpaired) electrons. The Morgan fingerprint density at radius 1 is 1.20 bits per heavy atom. The first-order chi connectivity index (χ1) is 12.2. The van der Waals surface area contributed by atoms with Gasteiger partial charge in [-0.05, 0) is 24.1 Å². The molecule has 0 bridgehead atoms. The lowest BCUT2D eigenvalue weighted by Gasteiger charge is -2.32. The van der Waals surface area contributed by atoms with Gasteiger partial charge in [0.15, 0.2) is 0 Å². The van der Waals surface area contributed by atoms with Gasteiger partial charge in [-0.2, -0.15) is 0 Å². The summed E-state index contributed by atoms with van der Waals surface area (Å²) in [6.07, 6.45) is 12.0. The molecule has 0 amide bonds. The van der Waals surface area contributed by atoms with Crippen LogP contribution in [0.15, 0.2) is 53.4 Å². The number of H-pyrrole nitrogens is 1. The number of allylic oxidation sites excluding steroid dienone is 2. The van der Waals surface area contributed by atoms with Crippen molar-refractivity contribution >= 4 is 18.1 Å². The predicted molar refractivity (Wildman–Crippen MR) is 92.2 cm³/mol. The fourth-order valence-electron chi connectivity index (χ4n) is 3.70. The maximum atomic E-state index is 14.3. The Morgan fingerprint density at radius 3 is 3.00 bits per heavy atom. The summed E-state index contributed by atoms with van der Waals surface area (Å²) in [5.41, 5.74) is 8.58. The SMILES string of the molecule is Fc1ccc(C2CC=C3c4c(c[nH]c42)C=CC2=CN=CNN23)c(F)c1. The number of hydrazine groups is 1. The molecule has 0 saturated heterocycles. The standard InChI is InChI=1S/C19H14F2N4/c20-12-2-4-14(16(21)7-12)15-5-6-17-18-11(8-23-19(15)18)1-3-13-9-22-10-24-25(13)17/h1-4,6-10,15,23H,5H2,(H,22,24). The maximum absolute atomic E-state index is 14.3. The molecule has 124 valence electrons. The summed E-state index contributed by atoms with van der Waals surface area (Å²) in [7, 11) is 0. The minimum Gasteiger partial charge on any atom is -0.363 e. The van der Waals surface area contributed by atoms with Gasteiger partial charge in [0, 0.05) is 35.0 Å². The third kappa shape index (κ3) is 2.07. The van der Waals surface area contributed by atoms with Crippen molar-refractivity contribution in [1.82, 2.24) is 15.4 Å². The number of hydrogen-bond acceptors (Lipinski definition) is 3. The van der Waals surface area contributed by atoms with Gasteiger partial charge in [-0.15, -0.1) is 0 Å². The first kappa shape index (κ1) is 14.2. The largest absolute Gasteiger partial charge is 0.363 e. The summed E-state index contributed by atoms with van der Waals surface area (Å²) >= 11 is 0. The third-order valence-corrected chi connectivity index (χ3v) is 4.83. The van der Waals surface area contributed by atoms with Gasteiger partial charge < -0.3 is 4.98 Å². The number of rotatable bonds is 1. The molecule has 3 heterocycles. The Morgan fingerprint density at radius 2 is 2.12 bits per heavy atom. The van der Waals surface area contributed by atoms with Gasteiger partial charge in [-0.25, -0.2) is 13.8 Å². The lowest BCUT2D eigenvalue weighted by molar-refractivity contribution is 0.448. The van der Waals surface area contributed by atoms with Crippen LogP contribution >= 0.6 is 0 Å². The lowest BCUT2D eigenvalue weighted by Crippen LogP contribution is -2.36. The van der Waals surface area contributed by atoms with E-state index in [0.29, 0.717) is 12.0 Å². The maximum Gasteiger partial charge on any atom is 0.130 e. The Kier molecular flexibility index (Phi) is 2.94. The van der Waals surface area contributed by atoms with Crippen LogP contribution in [0, 0.1) is 11.6 Å². The van der Waals surface area contributed by atoms with Crippen LogP contribution in [0.3, 0.4) is 0 Å². The Labute approximate surface area is 142 Å². The average molecular weight is 336 g/mol. The van der Waals surface area contributed by atoms with E-state index in [1.807, 2.05) is 23.4 Å². The highest BCUT2D eigenvalue weighted by Gasteiger charge is 2.32. The Bertz CT molecular complexity index is 997. The number of halogens is 2. The van der Waals surface area contributed by atoms with Gasteiger partial charge >= 0.3 is 0 Å². The van der Waals surface area contributed by atoms with Crippen molar-refractivity contribution in [2.24, 2.45) is 4.99 Å². The molecule has 0 spiro atoms. The van der Waals surface area contributed by atoms with Crippen molar-refractivity contribution in [2.45, 2.75) is 12.3 Å².